The summed E-state index contributed by atoms with van der Waals surface area (Å²) in [5, 5.41) is 8.10. The second kappa shape index (κ2) is 8.70. The van der Waals surface area contributed by atoms with Gasteiger partial charge in [-0.2, -0.15) is 5.10 Å². The van der Waals surface area contributed by atoms with Crippen molar-refractivity contribution in [2.45, 2.75) is 44.9 Å². The normalized spacial score (nSPS) is 19.2. The number of hydrogen-bond donors (Lipinski definition) is 1. The number of halogens is 2. The van der Waals surface area contributed by atoms with Crippen LogP contribution in [0.1, 0.15) is 45.2 Å². The minimum Gasteiger partial charge on any atom is -0.469 e. The third-order valence-electron chi connectivity index (χ3n) is 6.95. The highest BCUT2D eigenvalue weighted by molar-refractivity contribution is 6.31. The number of methoxy groups -OCH3 is 1. The minimum absolute atomic E-state index is 0.0291. The monoisotopic (exact) mass is 458 g/mol. The Kier molecular flexibility index (Phi) is 6.12. The largest absolute Gasteiger partial charge is 0.469 e. The molecule has 2 heterocycles. The fraction of sp³-hybridized carbons (Fsp3) is 0.458. The third kappa shape index (κ3) is 4.06. The molecule has 1 aliphatic rings. The van der Waals surface area contributed by atoms with Gasteiger partial charge in [0.25, 0.3) is 0 Å². The van der Waals surface area contributed by atoms with Gasteiger partial charge in [-0.25, -0.2) is 9.37 Å². The van der Waals surface area contributed by atoms with Crippen LogP contribution in [0.3, 0.4) is 0 Å². The van der Waals surface area contributed by atoms with E-state index in [1.807, 2.05) is 11.9 Å². The van der Waals surface area contributed by atoms with Crippen LogP contribution in [0, 0.1) is 17.7 Å². The number of pyridine rings is 1. The molecular formula is C24H28ClFN4O2. The zero-order valence-corrected chi connectivity index (χ0v) is 19.5. The molecule has 170 valence electrons. The average molecular weight is 459 g/mol. The Morgan fingerprint density at radius 2 is 1.97 bits per heavy atom. The van der Waals surface area contributed by atoms with Gasteiger partial charge in [-0.1, -0.05) is 25.4 Å². The number of carbonyl (C=O) groups is 1. The zero-order valence-electron chi connectivity index (χ0n) is 18.8. The van der Waals surface area contributed by atoms with Gasteiger partial charge in [-0.3, -0.25) is 9.89 Å². The second-order valence-electron chi connectivity index (χ2n) is 9.11. The summed E-state index contributed by atoms with van der Waals surface area (Å²) in [7, 11) is 3.38. The van der Waals surface area contributed by atoms with Crippen LogP contribution in [-0.2, 0) is 14.9 Å². The van der Waals surface area contributed by atoms with Gasteiger partial charge in [0.1, 0.15) is 5.82 Å². The van der Waals surface area contributed by atoms with Crippen LogP contribution in [-0.4, -0.2) is 35.3 Å². The molecule has 4 rings (SSSR count). The van der Waals surface area contributed by atoms with Gasteiger partial charge in [-0.15, -0.1) is 0 Å². The maximum absolute atomic E-state index is 13.7. The molecule has 1 N–H and O–H groups in total. The molecule has 0 aliphatic heterocycles. The number of fused-ring (bicyclic) bond motifs is 1. The van der Waals surface area contributed by atoms with Crippen molar-refractivity contribution in [2.75, 3.05) is 19.1 Å². The molecule has 1 aliphatic carbocycles. The molecule has 2 aromatic heterocycles. The first-order valence-electron chi connectivity index (χ1n) is 10.8. The van der Waals surface area contributed by atoms with E-state index in [1.165, 1.54) is 13.2 Å². The molecule has 1 fully saturated rings. The highest BCUT2D eigenvalue weighted by Gasteiger charge is 2.39. The number of aromatic nitrogens is 3. The molecule has 0 saturated heterocycles. The van der Waals surface area contributed by atoms with Gasteiger partial charge in [0.2, 0.25) is 0 Å². The Bertz CT molecular complexity index is 1140. The molecule has 0 amide bonds. The summed E-state index contributed by atoms with van der Waals surface area (Å²) in [6, 6.07) is 6.76. The number of ether oxygens (including phenoxy) is 1. The number of nitrogens with one attached hydrogen (secondary N) is 1. The van der Waals surface area contributed by atoms with Crippen molar-refractivity contribution in [2.24, 2.45) is 11.8 Å². The van der Waals surface area contributed by atoms with Crippen LogP contribution < -0.4 is 4.90 Å². The molecule has 8 heteroatoms. The Morgan fingerprint density at radius 3 is 2.62 bits per heavy atom. The lowest BCUT2D eigenvalue weighted by Gasteiger charge is -2.40. The van der Waals surface area contributed by atoms with Crippen molar-refractivity contribution in [3.63, 3.8) is 0 Å². The Hall–Kier alpha value is -2.67. The van der Waals surface area contributed by atoms with Crippen molar-refractivity contribution in [3.8, 4) is 0 Å². The quantitative estimate of drug-likeness (QED) is 0.491. The first kappa shape index (κ1) is 22.5. The van der Waals surface area contributed by atoms with E-state index in [0.29, 0.717) is 5.92 Å². The number of aromatic amines is 1. The van der Waals surface area contributed by atoms with E-state index < -0.39 is 5.82 Å². The predicted molar refractivity (Wildman–Crippen MR) is 124 cm³/mol. The number of carbonyl (C=O) groups excluding carboxylic acids is 1. The summed E-state index contributed by atoms with van der Waals surface area (Å²) < 4.78 is 18.7. The van der Waals surface area contributed by atoms with Gasteiger partial charge in [0.15, 0.2) is 5.65 Å². The molecule has 1 saturated carbocycles. The van der Waals surface area contributed by atoms with E-state index in [4.69, 9.17) is 21.3 Å². The van der Waals surface area contributed by atoms with Crippen molar-refractivity contribution >= 4 is 40.0 Å². The van der Waals surface area contributed by atoms with Crippen molar-refractivity contribution in [1.29, 1.82) is 0 Å². The molecular weight excluding hydrogens is 431 g/mol. The van der Waals surface area contributed by atoms with E-state index in [0.717, 1.165) is 53.8 Å². The summed E-state index contributed by atoms with van der Waals surface area (Å²) in [5.41, 5.74) is 3.08. The van der Waals surface area contributed by atoms with Crippen LogP contribution in [0.4, 0.5) is 15.8 Å². The molecule has 0 unspecified atom stereocenters. The maximum atomic E-state index is 13.7. The third-order valence-corrected chi connectivity index (χ3v) is 7.24. The predicted octanol–water partition coefficient (Wildman–Crippen LogP) is 5.78. The molecule has 32 heavy (non-hydrogen) atoms. The highest BCUT2D eigenvalue weighted by atomic mass is 35.5. The van der Waals surface area contributed by atoms with Gasteiger partial charge in [0, 0.05) is 23.5 Å². The number of hydrogen-bond acceptors (Lipinski definition) is 5. The highest BCUT2D eigenvalue weighted by Crippen LogP contribution is 2.46. The summed E-state index contributed by atoms with van der Waals surface area (Å²) in [4.78, 5) is 18.9. The van der Waals surface area contributed by atoms with Crippen LogP contribution in [0.2, 0.25) is 5.02 Å². The second-order valence-corrected chi connectivity index (χ2v) is 9.52. The van der Waals surface area contributed by atoms with Crippen LogP contribution in [0.15, 0.2) is 30.5 Å². The van der Waals surface area contributed by atoms with Gasteiger partial charge in [-0.05, 0) is 55.9 Å². The van der Waals surface area contributed by atoms with Crippen LogP contribution >= 0.6 is 11.6 Å². The Morgan fingerprint density at radius 1 is 1.25 bits per heavy atom. The van der Waals surface area contributed by atoms with Crippen molar-refractivity contribution in [1.82, 2.24) is 15.2 Å². The van der Waals surface area contributed by atoms with E-state index in [1.54, 1.807) is 18.3 Å². The average Bonchev–Trinajstić information content (AvgIpc) is 3.27. The first-order valence-corrected chi connectivity index (χ1v) is 11.2. The van der Waals surface area contributed by atoms with Gasteiger partial charge < -0.3 is 9.64 Å². The topological polar surface area (TPSA) is 71.1 Å². The lowest BCUT2D eigenvalue weighted by Crippen LogP contribution is -2.36. The summed E-state index contributed by atoms with van der Waals surface area (Å²) in [5.74, 6) is -0.249. The molecule has 1 aromatic carbocycles. The lowest BCUT2D eigenvalue weighted by atomic mass is 9.66. The fourth-order valence-corrected chi connectivity index (χ4v) is 5.02. The Balaban J connectivity index is 1.72. The number of benzene rings is 1. The number of rotatable bonds is 5. The standard InChI is InChI=1S/C24H28ClFN4O2/c1-24(2,16-7-5-14(6-8-16)23(31)32-4)21-20(11-15-13-27-29-22(15)28-21)30(3)17-9-10-19(26)18(25)12-17/h9-14,16H,5-8H2,1-4H3,(H,27,28,29)/t14-,16-. The molecule has 0 bridgehead atoms. The zero-order chi connectivity index (χ0) is 23.0. The molecule has 0 spiro atoms. The number of nitrogens with zero attached hydrogens (tertiary/aromatic N) is 3. The summed E-state index contributed by atoms with van der Waals surface area (Å²) >= 11 is 6.06. The maximum Gasteiger partial charge on any atom is 0.308 e. The van der Waals surface area contributed by atoms with E-state index in [-0.39, 0.29) is 22.3 Å². The summed E-state index contributed by atoms with van der Waals surface area (Å²) in [6.45, 7) is 4.41. The molecule has 6 nitrogen and oxygen atoms in total. The van der Waals surface area contributed by atoms with E-state index in [2.05, 4.69) is 30.1 Å². The number of esters is 1. The van der Waals surface area contributed by atoms with Crippen molar-refractivity contribution < 1.29 is 13.9 Å². The fourth-order valence-electron chi connectivity index (χ4n) is 4.84. The molecule has 0 radical (unpaired) electrons. The van der Waals surface area contributed by atoms with Gasteiger partial charge >= 0.3 is 5.97 Å². The lowest BCUT2D eigenvalue weighted by molar-refractivity contribution is -0.147. The molecule has 3 aromatic rings. The minimum atomic E-state index is -0.449. The van der Waals surface area contributed by atoms with E-state index >= 15 is 0 Å². The van der Waals surface area contributed by atoms with E-state index in [9.17, 15) is 9.18 Å². The van der Waals surface area contributed by atoms with Crippen LogP contribution in [0.5, 0.6) is 0 Å². The number of H-pyrrole nitrogens is 1. The Labute approximate surface area is 192 Å². The first-order chi connectivity index (χ1) is 15.2. The van der Waals surface area contributed by atoms with Crippen LogP contribution in [0.25, 0.3) is 11.0 Å². The summed E-state index contributed by atoms with van der Waals surface area (Å²) in [6.07, 6.45) is 5.20. The molecule has 0 atom stereocenters. The number of anilines is 2. The van der Waals surface area contributed by atoms with Gasteiger partial charge in [0.05, 0.1) is 35.6 Å². The SMILES string of the molecule is COC(=O)[C@H]1CC[C@H](C(C)(C)c2nc3[nH]ncc3cc2N(C)c2ccc(F)c(Cl)c2)CC1. The van der Waals surface area contributed by atoms with Crippen molar-refractivity contribution in [3.05, 3.63) is 47.0 Å². The smallest absolute Gasteiger partial charge is 0.308 e.